The van der Waals surface area contributed by atoms with Gasteiger partial charge in [-0.3, -0.25) is 9.78 Å². The van der Waals surface area contributed by atoms with Crippen LogP contribution in [-0.4, -0.2) is 56.7 Å². The van der Waals surface area contributed by atoms with Gasteiger partial charge in [0.1, 0.15) is 36.0 Å². The topological polar surface area (TPSA) is 112 Å². The lowest BCUT2D eigenvalue weighted by molar-refractivity contribution is -0.141. The number of benzene rings is 1. The summed E-state index contributed by atoms with van der Waals surface area (Å²) in [5, 5.41) is 18.6. The molecule has 3 aromatic rings. The molecule has 1 aliphatic rings. The van der Waals surface area contributed by atoms with Crippen LogP contribution in [-0.2, 0) is 17.4 Å². The summed E-state index contributed by atoms with van der Waals surface area (Å²) in [6.45, 7) is 0.235. The number of nitrogens with zero attached hydrogens (tertiary/aromatic N) is 5. The maximum atomic E-state index is 12.9. The number of alkyl halides is 3. The Labute approximate surface area is 198 Å². The normalized spacial score (nSPS) is 15.6. The van der Waals surface area contributed by atoms with Crippen molar-refractivity contribution in [3.63, 3.8) is 0 Å². The van der Waals surface area contributed by atoms with Gasteiger partial charge in [0.05, 0.1) is 17.8 Å². The van der Waals surface area contributed by atoms with Crippen LogP contribution in [0.5, 0.6) is 5.75 Å². The maximum Gasteiger partial charge on any atom is 0.433 e. The van der Waals surface area contributed by atoms with E-state index in [0.717, 1.165) is 12.3 Å². The zero-order valence-corrected chi connectivity index (χ0v) is 18.4. The van der Waals surface area contributed by atoms with Crippen molar-refractivity contribution in [1.82, 2.24) is 19.9 Å². The number of carbonyl (C=O) groups is 1. The van der Waals surface area contributed by atoms with Crippen LogP contribution in [0.1, 0.15) is 29.1 Å². The van der Waals surface area contributed by atoms with E-state index in [1.807, 2.05) is 0 Å². The third kappa shape index (κ3) is 5.73. The first kappa shape index (κ1) is 24.1. The predicted molar refractivity (Wildman–Crippen MR) is 117 cm³/mol. The second-order valence-corrected chi connectivity index (χ2v) is 7.93. The Hall–Kier alpha value is -4.04. The number of carbonyl (C=O) groups excluding carboxylic acids is 1. The van der Waals surface area contributed by atoms with Crippen molar-refractivity contribution >= 4 is 5.91 Å². The molecule has 3 heterocycles. The Morgan fingerprint density at radius 2 is 2.00 bits per heavy atom. The number of nitriles is 1. The Balaban J connectivity index is 1.51. The van der Waals surface area contributed by atoms with E-state index < -0.39 is 18.5 Å². The molecule has 8 nitrogen and oxygen atoms in total. The number of amides is 1. The van der Waals surface area contributed by atoms with Crippen LogP contribution < -0.4 is 4.74 Å². The zero-order valence-electron chi connectivity index (χ0n) is 18.4. The first-order valence-corrected chi connectivity index (χ1v) is 10.7. The lowest BCUT2D eigenvalue weighted by atomic mass is 10.1. The van der Waals surface area contributed by atoms with Gasteiger partial charge in [0.2, 0.25) is 5.91 Å². The summed E-state index contributed by atoms with van der Waals surface area (Å²) in [4.78, 5) is 25.1. The standard InChI is InChI=1S/C24H20F3N5O3/c25-24(26,27)21-9-15(3-6-29-21)10-22-30-7-4-19(31-22)16-1-2-20(17(11-16)12-28)35-18-5-8-32(13-18)23(34)14-33/h1-4,6-7,9,11,18,33H,5,8,10,13-14H2/t18-/m1/s1. The van der Waals surface area contributed by atoms with Crippen molar-refractivity contribution < 1.29 is 27.8 Å². The van der Waals surface area contributed by atoms with Gasteiger partial charge in [-0.25, -0.2) is 9.97 Å². The second kappa shape index (κ2) is 10.1. The van der Waals surface area contributed by atoms with E-state index in [1.165, 1.54) is 17.2 Å². The van der Waals surface area contributed by atoms with Gasteiger partial charge in [-0.05, 0) is 42.0 Å². The van der Waals surface area contributed by atoms with Crippen LogP contribution >= 0.6 is 0 Å². The fraction of sp³-hybridized carbons (Fsp3) is 0.292. The van der Waals surface area contributed by atoms with Crippen LogP contribution in [0, 0.1) is 11.3 Å². The van der Waals surface area contributed by atoms with Crippen LogP contribution in [0.4, 0.5) is 13.2 Å². The first-order valence-electron chi connectivity index (χ1n) is 10.7. The minimum Gasteiger partial charge on any atom is -0.487 e. The molecular weight excluding hydrogens is 463 g/mol. The van der Waals surface area contributed by atoms with E-state index >= 15 is 0 Å². The Kier molecular flexibility index (Phi) is 6.93. The monoisotopic (exact) mass is 483 g/mol. The molecule has 35 heavy (non-hydrogen) atoms. The number of aromatic nitrogens is 3. The van der Waals surface area contributed by atoms with Gasteiger partial charge in [0.25, 0.3) is 0 Å². The van der Waals surface area contributed by atoms with E-state index in [4.69, 9.17) is 9.84 Å². The molecule has 0 saturated carbocycles. The van der Waals surface area contributed by atoms with Crippen LogP contribution in [0.15, 0.2) is 48.8 Å². The van der Waals surface area contributed by atoms with Gasteiger partial charge < -0.3 is 14.7 Å². The summed E-state index contributed by atoms with van der Waals surface area (Å²) < 4.78 is 44.7. The number of aliphatic hydroxyl groups excluding tert-OH is 1. The molecule has 1 fully saturated rings. The Morgan fingerprint density at radius 1 is 1.20 bits per heavy atom. The predicted octanol–water partition coefficient (Wildman–Crippen LogP) is 2.99. The highest BCUT2D eigenvalue weighted by molar-refractivity contribution is 5.77. The molecule has 0 aliphatic carbocycles. The van der Waals surface area contributed by atoms with Crippen molar-refractivity contribution in [1.29, 1.82) is 5.26 Å². The van der Waals surface area contributed by atoms with Gasteiger partial charge in [-0.2, -0.15) is 18.4 Å². The summed E-state index contributed by atoms with van der Waals surface area (Å²) >= 11 is 0. The fourth-order valence-electron chi connectivity index (χ4n) is 3.78. The molecule has 1 saturated heterocycles. The molecule has 2 aromatic heterocycles. The van der Waals surface area contributed by atoms with Crippen molar-refractivity contribution in [2.45, 2.75) is 25.1 Å². The number of aliphatic hydroxyl groups is 1. The Morgan fingerprint density at radius 3 is 2.74 bits per heavy atom. The third-order valence-electron chi connectivity index (χ3n) is 5.50. The quantitative estimate of drug-likeness (QED) is 0.574. The van der Waals surface area contributed by atoms with E-state index in [0.29, 0.717) is 47.9 Å². The number of hydrogen-bond acceptors (Lipinski definition) is 7. The first-order chi connectivity index (χ1) is 16.8. The fourth-order valence-corrected chi connectivity index (χ4v) is 3.78. The SMILES string of the molecule is N#Cc1cc(-c2ccnc(Cc3ccnc(C(F)(F)F)c3)n2)ccc1O[C@@H]1CCN(C(=O)CO)C1. The summed E-state index contributed by atoms with van der Waals surface area (Å²) in [6.07, 6.45) is -1.57. The molecular formula is C24H20F3N5O3. The number of hydrogen-bond donors (Lipinski definition) is 1. The number of rotatable bonds is 6. The summed E-state index contributed by atoms with van der Waals surface area (Å²) in [5.41, 5.74) is 0.789. The molecule has 4 rings (SSSR count). The molecule has 0 unspecified atom stereocenters. The van der Waals surface area contributed by atoms with Crippen LogP contribution in [0.3, 0.4) is 0 Å². The average Bonchev–Trinajstić information content (AvgIpc) is 3.32. The molecule has 1 atom stereocenters. The molecule has 0 bridgehead atoms. The van der Waals surface area contributed by atoms with Gasteiger partial charge in [0, 0.05) is 37.3 Å². The summed E-state index contributed by atoms with van der Waals surface area (Å²) in [7, 11) is 0. The lowest BCUT2D eigenvalue weighted by Gasteiger charge is -2.17. The minimum atomic E-state index is -4.54. The van der Waals surface area contributed by atoms with Crippen molar-refractivity contribution in [2.75, 3.05) is 19.7 Å². The van der Waals surface area contributed by atoms with Gasteiger partial charge in [-0.1, -0.05) is 0 Å². The van der Waals surface area contributed by atoms with Crippen molar-refractivity contribution in [2.24, 2.45) is 0 Å². The Bertz CT molecular complexity index is 1280. The second-order valence-electron chi connectivity index (χ2n) is 7.93. The smallest absolute Gasteiger partial charge is 0.433 e. The maximum absolute atomic E-state index is 12.9. The van der Waals surface area contributed by atoms with Crippen LogP contribution in [0.25, 0.3) is 11.3 Å². The minimum absolute atomic E-state index is 0.0798. The molecule has 1 amide bonds. The zero-order chi connectivity index (χ0) is 25.0. The van der Waals surface area contributed by atoms with Gasteiger partial charge >= 0.3 is 6.18 Å². The highest BCUT2D eigenvalue weighted by Crippen LogP contribution is 2.29. The van der Waals surface area contributed by atoms with Crippen molar-refractivity contribution in [3.8, 4) is 23.1 Å². The number of pyridine rings is 1. The van der Waals surface area contributed by atoms with E-state index in [9.17, 15) is 23.2 Å². The highest BCUT2D eigenvalue weighted by Gasteiger charge is 2.32. The number of likely N-dealkylation sites (tertiary alicyclic amines) is 1. The van der Waals surface area contributed by atoms with Crippen LogP contribution in [0.2, 0.25) is 0 Å². The highest BCUT2D eigenvalue weighted by atomic mass is 19.4. The van der Waals surface area contributed by atoms with E-state index in [1.54, 1.807) is 24.3 Å². The molecule has 1 aliphatic heterocycles. The molecule has 1 N–H and O–H groups in total. The summed E-state index contributed by atoms with van der Waals surface area (Å²) in [5.74, 6) is 0.318. The van der Waals surface area contributed by atoms with E-state index in [-0.39, 0.29) is 24.0 Å². The average molecular weight is 483 g/mol. The lowest BCUT2D eigenvalue weighted by Crippen LogP contribution is -2.32. The number of halogens is 3. The van der Waals surface area contributed by atoms with Crippen molar-refractivity contribution in [3.05, 3.63) is 71.4 Å². The molecule has 0 spiro atoms. The molecule has 1 aromatic carbocycles. The van der Waals surface area contributed by atoms with Gasteiger partial charge in [0.15, 0.2) is 0 Å². The number of ether oxygens (including phenoxy) is 1. The van der Waals surface area contributed by atoms with Gasteiger partial charge in [-0.15, -0.1) is 0 Å². The summed E-state index contributed by atoms with van der Waals surface area (Å²) in [6, 6.07) is 11.2. The molecule has 0 radical (unpaired) electrons. The molecule has 180 valence electrons. The van der Waals surface area contributed by atoms with E-state index in [2.05, 4.69) is 21.0 Å². The largest absolute Gasteiger partial charge is 0.487 e. The third-order valence-corrected chi connectivity index (χ3v) is 5.50. The molecule has 11 heteroatoms.